The standard InChI is InChI=1S/C17H26N2O3/c1-5-7-12-19(6-2)15-10-8-14(9-11-15)16(20)18(4)13(3)17(21)22/h8-11,13H,5-7,12H2,1-4H3,(H,21,22). The number of carboxylic acid groups (broad SMARTS) is 1. The van der Waals surface area contributed by atoms with E-state index in [-0.39, 0.29) is 5.91 Å². The summed E-state index contributed by atoms with van der Waals surface area (Å²) in [5.74, 6) is -1.29. The maximum absolute atomic E-state index is 12.3. The van der Waals surface area contributed by atoms with Crippen LogP contribution in [-0.4, -0.2) is 48.1 Å². The second-order valence-electron chi connectivity index (χ2n) is 5.41. The SMILES string of the molecule is CCCCN(CC)c1ccc(C(=O)N(C)C(C)C(=O)O)cc1. The van der Waals surface area contributed by atoms with Gasteiger partial charge in [-0.05, 0) is 44.5 Å². The molecule has 0 heterocycles. The van der Waals surface area contributed by atoms with E-state index in [4.69, 9.17) is 5.11 Å². The van der Waals surface area contributed by atoms with Crippen LogP contribution < -0.4 is 4.90 Å². The number of hydrogen-bond donors (Lipinski definition) is 1. The number of unbranched alkanes of at least 4 members (excludes halogenated alkanes) is 1. The first-order chi connectivity index (χ1) is 10.4. The Balaban J connectivity index is 2.83. The Morgan fingerprint density at radius 1 is 1.18 bits per heavy atom. The molecule has 5 nitrogen and oxygen atoms in total. The summed E-state index contributed by atoms with van der Waals surface area (Å²) in [6, 6.07) is 6.52. The topological polar surface area (TPSA) is 60.9 Å². The fraction of sp³-hybridized carbons (Fsp3) is 0.529. The van der Waals surface area contributed by atoms with E-state index in [1.54, 1.807) is 12.1 Å². The van der Waals surface area contributed by atoms with E-state index in [0.717, 1.165) is 31.6 Å². The van der Waals surface area contributed by atoms with Crippen molar-refractivity contribution in [1.29, 1.82) is 0 Å². The van der Waals surface area contributed by atoms with Crippen molar-refractivity contribution in [3.8, 4) is 0 Å². The van der Waals surface area contributed by atoms with Crippen LogP contribution in [0.5, 0.6) is 0 Å². The molecule has 0 aliphatic heterocycles. The van der Waals surface area contributed by atoms with E-state index in [0.29, 0.717) is 5.56 Å². The maximum Gasteiger partial charge on any atom is 0.326 e. The minimum absolute atomic E-state index is 0.280. The summed E-state index contributed by atoms with van der Waals surface area (Å²) >= 11 is 0. The molecule has 1 aromatic rings. The van der Waals surface area contributed by atoms with Crippen LogP contribution in [0.3, 0.4) is 0 Å². The molecule has 1 N–H and O–H groups in total. The first kappa shape index (κ1) is 18.0. The molecule has 0 fully saturated rings. The number of anilines is 1. The van der Waals surface area contributed by atoms with E-state index in [1.165, 1.54) is 18.9 Å². The molecule has 1 atom stereocenters. The Labute approximate surface area is 132 Å². The molecule has 1 unspecified atom stereocenters. The van der Waals surface area contributed by atoms with Gasteiger partial charge in [0.05, 0.1) is 0 Å². The molecule has 1 rings (SSSR count). The van der Waals surface area contributed by atoms with Gasteiger partial charge in [0.15, 0.2) is 0 Å². The highest BCUT2D eigenvalue weighted by molar-refractivity contribution is 5.96. The van der Waals surface area contributed by atoms with Crippen molar-refractivity contribution in [3.05, 3.63) is 29.8 Å². The summed E-state index contributed by atoms with van der Waals surface area (Å²) in [7, 11) is 1.51. The number of amides is 1. The average molecular weight is 306 g/mol. The monoisotopic (exact) mass is 306 g/mol. The van der Waals surface area contributed by atoms with Gasteiger partial charge in [0, 0.05) is 31.4 Å². The van der Waals surface area contributed by atoms with Crippen molar-refractivity contribution in [2.24, 2.45) is 0 Å². The van der Waals surface area contributed by atoms with Crippen molar-refractivity contribution in [2.45, 2.75) is 39.7 Å². The van der Waals surface area contributed by atoms with Crippen molar-refractivity contribution in [2.75, 3.05) is 25.0 Å². The Hall–Kier alpha value is -2.04. The third-order valence-corrected chi connectivity index (χ3v) is 3.90. The predicted octanol–water partition coefficient (Wildman–Crippen LogP) is 2.86. The minimum atomic E-state index is -1.01. The predicted molar refractivity (Wildman–Crippen MR) is 88.4 cm³/mol. The van der Waals surface area contributed by atoms with Gasteiger partial charge in [-0.15, -0.1) is 0 Å². The Kier molecular flexibility index (Phi) is 6.89. The molecular weight excluding hydrogens is 280 g/mol. The number of rotatable bonds is 8. The summed E-state index contributed by atoms with van der Waals surface area (Å²) < 4.78 is 0. The van der Waals surface area contributed by atoms with E-state index < -0.39 is 12.0 Å². The van der Waals surface area contributed by atoms with Crippen LogP contribution in [0.15, 0.2) is 24.3 Å². The van der Waals surface area contributed by atoms with Crippen molar-refractivity contribution >= 4 is 17.6 Å². The average Bonchev–Trinajstić information content (AvgIpc) is 2.54. The first-order valence-corrected chi connectivity index (χ1v) is 7.77. The molecule has 0 aliphatic rings. The third-order valence-electron chi connectivity index (χ3n) is 3.90. The van der Waals surface area contributed by atoms with E-state index in [9.17, 15) is 9.59 Å². The first-order valence-electron chi connectivity index (χ1n) is 7.77. The summed E-state index contributed by atoms with van der Waals surface area (Å²) in [5, 5.41) is 8.98. The summed E-state index contributed by atoms with van der Waals surface area (Å²) in [6.07, 6.45) is 2.28. The van der Waals surface area contributed by atoms with Crippen LogP contribution in [0.25, 0.3) is 0 Å². The van der Waals surface area contributed by atoms with Crippen LogP contribution in [0.1, 0.15) is 44.0 Å². The molecule has 0 saturated carbocycles. The highest BCUT2D eigenvalue weighted by Gasteiger charge is 2.22. The van der Waals surface area contributed by atoms with Crippen LogP contribution in [0.4, 0.5) is 5.69 Å². The van der Waals surface area contributed by atoms with Crippen LogP contribution in [-0.2, 0) is 4.79 Å². The molecular formula is C17H26N2O3. The quantitative estimate of drug-likeness (QED) is 0.802. The third kappa shape index (κ3) is 4.48. The molecule has 0 bridgehead atoms. The smallest absolute Gasteiger partial charge is 0.326 e. The van der Waals surface area contributed by atoms with Gasteiger partial charge in [0.25, 0.3) is 5.91 Å². The molecule has 0 radical (unpaired) electrons. The lowest BCUT2D eigenvalue weighted by Crippen LogP contribution is -2.40. The molecule has 22 heavy (non-hydrogen) atoms. The molecule has 122 valence electrons. The van der Waals surface area contributed by atoms with Gasteiger partial charge in [0.2, 0.25) is 0 Å². The summed E-state index contributed by atoms with van der Waals surface area (Å²) in [4.78, 5) is 26.7. The number of hydrogen-bond acceptors (Lipinski definition) is 3. The molecule has 5 heteroatoms. The highest BCUT2D eigenvalue weighted by atomic mass is 16.4. The maximum atomic E-state index is 12.3. The lowest BCUT2D eigenvalue weighted by Gasteiger charge is -2.24. The zero-order valence-electron chi connectivity index (χ0n) is 13.9. The number of carbonyl (C=O) groups is 2. The van der Waals surface area contributed by atoms with Crippen LogP contribution in [0, 0.1) is 0 Å². The van der Waals surface area contributed by atoms with E-state index in [2.05, 4.69) is 18.7 Å². The van der Waals surface area contributed by atoms with Gasteiger partial charge in [-0.2, -0.15) is 0 Å². The Bertz CT molecular complexity index is 499. The molecule has 0 aliphatic carbocycles. The molecule has 1 aromatic carbocycles. The molecule has 0 spiro atoms. The fourth-order valence-corrected chi connectivity index (χ4v) is 2.18. The van der Waals surface area contributed by atoms with E-state index >= 15 is 0 Å². The van der Waals surface area contributed by atoms with Gasteiger partial charge in [-0.1, -0.05) is 13.3 Å². The van der Waals surface area contributed by atoms with Gasteiger partial charge < -0.3 is 14.9 Å². The molecule has 0 aromatic heterocycles. The van der Waals surface area contributed by atoms with E-state index in [1.807, 2.05) is 12.1 Å². The normalized spacial score (nSPS) is 11.8. The minimum Gasteiger partial charge on any atom is -0.480 e. The number of carbonyl (C=O) groups excluding carboxylic acids is 1. The lowest BCUT2D eigenvalue weighted by molar-refractivity contribution is -0.141. The number of benzene rings is 1. The zero-order valence-corrected chi connectivity index (χ0v) is 13.9. The van der Waals surface area contributed by atoms with Crippen molar-refractivity contribution in [3.63, 3.8) is 0 Å². The number of likely N-dealkylation sites (N-methyl/N-ethyl adjacent to an activating group) is 1. The number of nitrogens with zero attached hydrogens (tertiary/aromatic N) is 2. The summed E-state index contributed by atoms with van der Waals surface area (Å²) in [5.41, 5.74) is 1.59. The second-order valence-corrected chi connectivity index (χ2v) is 5.41. The Morgan fingerprint density at radius 2 is 1.77 bits per heavy atom. The lowest BCUT2D eigenvalue weighted by atomic mass is 10.1. The molecule has 0 saturated heterocycles. The Morgan fingerprint density at radius 3 is 2.23 bits per heavy atom. The van der Waals surface area contributed by atoms with Crippen LogP contribution in [0.2, 0.25) is 0 Å². The largest absolute Gasteiger partial charge is 0.480 e. The number of carboxylic acids is 1. The molecule has 1 amide bonds. The van der Waals surface area contributed by atoms with Gasteiger partial charge in [-0.3, -0.25) is 4.79 Å². The zero-order chi connectivity index (χ0) is 16.7. The number of aliphatic carboxylic acids is 1. The van der Waals surface area contributed by atoms with Crippen LogP contribution >= 0.6 is 0 Å². The highest BCUT2D eigenvalue weighted by Crippen LogP contribution is 2.17. The summed E-state index contributed by atoms with van der Waals surface area (Å²) in [6.45, 7) is 7.68. The fourth-order valence-electron chi connectivity index (χ4n) is 2.18. The van der Waals surface area contributed by atoms with Gasteiger partial charge in [-0.25, -0.2) is 4.79 Å². The van der Waals surface area contributed by atoms with Gasteiger partial charge >= 0.3 is 5.97 Å². The van der Waals surface area contributed by atoms with Crippen molar-refractivity contribution < 1.29 is 14.7 Å². The van der Waals surface area contributed by atoms with Gasteiger partial charge in [0.1, 0.15) is 6.04 Å². The van der Waals surface area contributed by atoms with Crippen molar-refractivity contribution in [1.82, 2.24) is 4.90 Å². The second kappa shape index (κ2) is 8.41.